The van der Waals surface area contributed by atoms with Gasteiger partial charge in [0.25, 0.3) is 11.8 Å². The molecule has 6 heteroatoms. The highest BCUT2D eigenvalue weighted by molar-refractivity contribution is 6.07. The van der Waals surface area contributed by atoms with Gasteiger partial charge in [0.1, 0.15) is 0 Å². The van der Waals surface area contributed by atoms with Crippen molar-refractivity contribution in [3.8, 4) is 0 Å². The fourth-order valence-electron chi connectivity index (χ4n) is 1.76. The van der Waals surface area contributed by atoms with Crippen molar-refractivity contribution < 1.29 is 9.59 Å². The van der Waals surface area contributed by atoms with Crippen LogP contribution in [0.15, 0.2) is 42.7 Å². The molecule has 1 aromatic carbocycles. The van der Waals surface area contributed by atoms with Crippen molar-refractivity contribution >= 4 is 17.6 Å². The first-order valence-electron chi connectivity index (χ1n) is 7.10. The van der Waals surface area contributed by atoms with E-state index in [9.17, 15) is 9.59 Å². The number of aromatic nitrogens is 2. The van der Waals surface area contributed by atoms with Crippen molar-refractivity contribution in [3.05, 3.63) is 54.0 Å². The lowest BCUT2D eigenvalue weighted by Crippen LogP contribution is -2.33. The van der Waals surface area contributed by atoms with Crippen LogP contribution in [0, 0.1) is 0 Å². The van der Waals surface area contributed by atoms with Crippen molar-refractivity contribution in [1.29, 1.82) is 0 Å². The second kappa shape index (κ2) is 7.31. The van der Waals surface area contributed by atoms with Crippen LogP contribution >= 0.6 is 0 Å². The van der Waals surface area contributed by atoms with Crippen LogP contribution in [-0.2, 0) is 0 Å². The minimum atomic E-state index is -0.356. The molecule has 1 heterocycles. The molecular formula is C16H18N4O2. The Morgan fingerprint density at radius 1 is 1.09 bits per heavy atom. The molecule has 0 bridgehead atoms. The number of carbonyl (C=O) groups is 2. The third kappa shape index (κ3) is 3.88. The Bertz CT molecular complexity index is 658. The summed E-state index contributed by atoms with van der Waals surface area (Å²) in [5.41, 5.74) is 0.591. The van der Waals surface area contributed by atoms with Gasteiger partial charge in [-0.15, -0.1) is 0 Å². The van der Waals surface area contributed by atoms with Crippen LogP contribution in [0.3, 0.4) is 0 Å². The molecule has 2 aromatic rings. The third-order valence-electron chi connectivity index (χ3n) is 3.17. The first-order chi connectivity index (χ1) is 10.6. The monoisotopic (exact) mass is 298 g/mol. The van der Waals surface area contributed by atoms with E-state index >= 15 is 0 Å². The summed E-state index contributed by atoms with van der Waals surface area (Å²) in [6.45, 7) is 3.87. The number of nitrogens with one attached hydrogen (secondary N) is 2. The molecule has 0 unspecified atom stereocenters. The molecule has 22 heavy (non-hydrogen) atoms. The Labute approximate surface area is 129 Å². The number of carbonyl (C=O) groups excluding carboxylic acids is 2. The minimum absolute atomic E-state index is 0.0205. The zero-order valence-corrected chi connectivity index (χ0v) is 12.5. The fourth-order valence-corrected chi connectivity index (χ4v) is 1.76. The Balaban J connectivity index is 2.18. The molecule has 0 fully saturated rings. The quantitative estimate of drug-likeness (QED) is 0.886. The van der Waals surface area contributed by atoms with Gasteiger partial charge in [-0.1, -0.05) is 25.1 Å². The molecule has 0 aliphatic carbocycles. The van der Waals surface area contributed by atoms with E-state index in [1.165, 1.54) is 12.4 Å². The zero-order chi connectivity index (χ0) is 15.9. The summed E-state index contributed by atoms with van der Waals surface area (Å²) in [7, 11) is 0. The van der Waals surface area contributed by atoms with Crippen molar-refractivity contribution in [3.63, 3.8) is 0 Å². The summed E-state index contributed by atoms with van der Waals surface area (Å²) in [5.74, 6) is -0.540. The summed E-state index contributed by atoms with van der Waals surface area (Å²) in [6.07, 6.45) is 3.65. The number of hydrogen-bond acceptors (Lipinski definition) is 4. The first kappa shape index (κ1) is 15.6. The van der Waals surface area contributed by atoms with Gasteiger partial charge in [-0.2, -0.15) is 0 Å². The Morgan fingerprint density at radius 3 is 2.45 bits per heavy atom. The van der Waals surface area contributed by atoms with Crippen molar-refractivity contribution in [2.45, 2.75) is 26.3 Å². The molecule has 0 aliphatic heterocycles. The van der Waals surface area contributed by atoms with Gasteiger partial charge in [0, 0.05) is 24.0 Å². The lowest BCUT2D eigenvalue weighted by molar-refractivity contribution is 0.0935. The van der Waals surface area contributed by atoms with Gasteiger partial charge < -0.3 is 10.6 Å². The number of hydrogen-bond donors (Lipinski definition) is 2. The first-order valence-corrected chi connectivity index (χ1v) is 7.10. The number of nitrogens with zero attached hydrogens (tertiary/aromatic N) is 2. The summed E-state index contributed by atoms with van der Waals surface area (Å²) >= 11 is 0. The Kier molecular flexibility index (Phi) is 5.19. The summed E-state index contributed by atoms with van der Waals surface area (Å²) in [4.78, 5) is 32.4. The molecule has 0 saturated carbocycles. The van der Waals surface area contributed by atoms with Gasteiger partial charge in [-0.25, -0.2) is 9.97 Å². The molecule has 2 amide bonds. The van der Waals surface area contributed by atoms with E-state index < -0.39 is 0 Å². The van der Waals surface area contributed by atoms with Crippen molar-refractivity contribution in [2.75, 3.05) is 5.32 Å². The van der Waals surface area contributed by atoms with Crippen LogP contribution in [0.2, 0.25) is 0 Å². The summed E-state index contributed by atoms with van der Waals surface area (Å²) < 4.78 is 0. The van der Waals surface area contributed by atoms with Gasteiger partial charge in [0.15, 0.2) is 11.5 Å². The SMILES string of the molecule is CC[C@@H](C)NC(=O)c1nccnc1NC(=O)c1ccccc1. The summed E-state index contributed by atoms with van der Waals surface area (Å²) in [5, 5.41) is 5.43. The second-order valence-corrected chi connectivity index (χ2v) is 4.86. The molecule has 0 aliphatic rings. The maximum absolute atomic E-state index is 12.2. The Hall–Kier alpha value is -2.76. The molecule has 114 valence electrons. The van der Waals surface area contributed by atoms with E-state index in [2.05, 4.69) is 20.6 Å². The standard InChI is InChI=1S/C16H18N4O2/c1-3-11(2)19-16(22)13-14(18-10-9-17-13)20-15(21)12-7-5-4-6-8-12/h4-11H,3H2,1-2H3,(H,19,22)(H,18,20,21)/t11-/m1/s1. The van der Waals surface area contributed by atoms with Crippen LogP contribution < -0.4 is 10.6 Å². The maximum Gasteiger partial charge on any atom is 0.273 e. The fraction of sp³-hybridized carbons (Fsp3) is 0.250. The van der Waals surface area contributed by atoms with E-state index in [0.717, 1.165) is 6.42 Å². The molecule has 2 N–H and O–H groups in total. The topological polar surface area (TPSA) is 84.0 Å². The van der Waals surface area contributed by atoms with Crippen LogP contribution in [0.4, 0.5) is 5.82 Å². The Morgan fingerprint density at radius 2 is 1.77 bits per heavy atom. The van der Waals surface area contributed by atoms with E-state index in [4.69, 9.17) is 0 Å². The third-order valence-corrected chi connectivity index (χ3v) is 3.17. The van der Waals surface area contributed by atoms with E-state index in [1.807, 2.05) is 19.9 Å². The number of amides is 2. The van der Waals surface area contributed by atoms with Gasteiger partial charge in [0.2, 0.25) is 0 Å². The number of benzene rings is 1. The van der Waals surface area contributed by atoms with Crippen molar-refractivity contribution in [1.82, 2.24) is 15.3 Å². The highest BCUT2D eigenvalue weighted by Gasteiger charge is 2.17. The van der Waals surface area contributed by atoms with Crippen LogP contribution in [0.5, 0.6) is 0 Å². The van der Waals surface area contributed by atoms with E-state index in [1.54, 1.807) is 24.3 Å². The van der Waals surface area contributed by atoms with E-state index in [-0.39, 0.29) is 29.4 Å². The van der Waals surface area contributed by atoms with Crippen LogP contribution in [0.1, 0.15) is 41.1 Å². The average molecular weight is 298 g/mol. The summed E-state index contributed by atoms with van der Waals surface area (Å²) in [6, 6.07) is 8.75. The highest BCUT2D eigenvalue weighted by atomic mass is 16.2. The molecule has 0 spiro atoms. The number of rotatable bonds is 5. The molecule has 1 atom stereocenters. The molecule has 1 aromatic heterocycles. The molecule has 2 rings (SSSR count). The highest BCUT2D eigenvalue weighted by Crippen LogP contribution is 2.11. The largest absolute Gasteiger partial charge is 0.348 e. The smallest absolute Gasteiger partial charge is 0.273 e. The predicted octanol–water partition coefficient (Wildman–Crippen LogP) is 2.26. The zero-order valence-electron chi connectivity index (χ0n) is 12.5. The van der Waals surface area contributed by atoms with Crippen LogP contribution in [0.25, 0.3) is 0 Å². The van der Waals surface area contributed by atoms with Gasteiger partial charge >= 0.3 is 0 Å². The molecular weight excluding hydrogens is 280 g/mol. The average Bonchev–Trinajstić information content (AvgIpc) is 2.55. The van der Waals surface area contributed by atoms with Crippen LogP contribution in [-0.4, -0.2) is 27.8 Å². The van der Waals surface area contributed by atoms with Gasteiger partial charge in [0.05, 0.1) is 0 Å². The number of anilines is 1. The lowest BCUT2D eigenvalue weighted by Gasteiger charge is -2.13. The minimum Gasteiger partial charge on any atom is -0.348 e. The lowest BCUT2D eigenvalue weighted by atomic mass is 10.2. The second-order valence-electron chi connectivity index (χ2n) is 4.86. The maximum atomic E-state index is 12.2. The van der Waals surface area contributed by atoms with Gasteiger partial charge in [-0.05, 0) is 25.5 Å². The molecule has 6 nitrogen and oxygen atoms in total. The molecule has 0 saturated heterocycles. The van der Waals surface area contributed by atoms with Gasteiger partial charge in [-0.3, -0.25) is 9.59 Å². The molecule has 0 radical (unpaired) electrons. The van der Waals surface area contributed by atoms with Crippen molar-refractivity contribution in [2.24, 2.45) is 0 Å². The van der Waals surface area contributed by atoms with E-state index in [0.29, 0.717) is 5.56 Å². The predicted molar refractivity (Wildman–Crippen MR) is 83.6 cm³/mol. The normalized spacial score (nSPS) is 11.5.